The fourth-order valence-corrected chi connectivity index (χ4v) is 0.319. The molecule has 0 fully saturated rings. The van der Waals surface area contributed by atoms with Crippen LogP contribution in [-0.4, -0.2) is 47.2 Å². The zero-order valence-corrected chi connectivity index (χ0v) is 8.56. The number of hydrogen-bond acceptors (Lipinski definition) is 5. The van der Waals surface area contributed by atoms with Gasteiger partial charge in [-0.2, -0.15) is 0 Å². The van der Waals surface area contributed by atoms with Crippen molar-refractivity contribution in [2.75, 3.05) is 19.8 Å². The normalized spacial score (nSPS) is 10.9. The first-order chi connectivity index (χ1) is 6.45. The number of esters is 1. The van der Waals surface area contributed by atoms with Gasteiger partial charge in [0.25, 0.3) is 0 Å². The lowest BCUT2D eigenvalue weighted by atomic mass is 10.3. The van der Waals surface area contributed by atoms with Crippen LogP contribution in [0.15, 0.2) is 12.2 Å². The van der Waals surface area contributed by atoms with Crippen molar-refractivity contribution in [3.63, 3.8) is 0 Å². The van der Waals surface area contributed by atoms with E-state index in [1.807, 2.05) is 0 Å². The smallest absolute Gasteiger partial charge is 0.333 e. The molecular weight excluding hydrogens is 188 g/mol. The van der Waals surface area contributed by atoms with Crippen molar-refractivity contribution in [1.29, 1.82) is 0 Å². The van der Waals surface area contributed by atoms with E-state index in [2.05, 4.69) is 11.3 Å². The van der Waals surface area contributed by atoms with Crippen molar-refractivity contribution >= 4 is 5.97 Å². The third-order valence-electron chi connectivity index (χ3n) is 0.904. The molecule has 0 saturated carbocycles. The molecule has 0 radical (unpaired) electrons. The van der Waals surface area contributed by atoms with Gasteiger partial charge in [0.1, 0.15) is 6.61 Å². The van der Waals surface area contributed by atoms with E-state index < -0.39 is 12.1 Å². The Bertz CT molecular complexity index is 163. The lowest BCUT2D eigenvalue weighted by molar-refractivity contribution is -0.141. The average Bonchev–Trinajstić information content (AvgIpc) is 2.14. The predicted molar refractivity (Wildman–Crippen MR) is 51.6 cm³/mol. The molecular formula is C9H18O5. The second-order valence-corrected chi connectivity index (χ2v) is 2.68. The Balaban J connectivity index is 0. The Labute approximate surface area is 83.6 Å². The van der Waals surface area contributed by atoms with E-state index in [-0.39, 0.29) is 19.8 Å². The van der Waals surface area contributed by atoms with Crippen molar-refractivity contribution in [2.45, 2.75) is 20.0 Å². The highest BCUT2D eigenvalue weighted by molar-refractivity contribution is 5.86. The summed E-state index contributed by atoms with van der Waals surface area (Å²) in [4.78, 5) is 10.6. The minimum atomic E-state index is -0.608. The Hall–Kier alpha value is -0.910. The summed E-state index contributed by atoms with van der Waals surface area (Å²) in [6.07, 6.45) is -0.608. The first-order valence-corrected chi connectivity index (χ1v) is 4.18. The Morgan fingerprint density at radius 3 is 2.07 bits per heavy atom. The van der Waals surface area contributed by atoms with E-state index in [9.17, 15) is 4.79 Å². The third kappa shape index (κ3) is 13.7. The van der Waals surface area contributed by atoms with Crippen LogP contribution in [-0.2, 0) is 9.53 Å². The van der Waals surface area contributed by atoms with E-state index in [0.29, 0.717) is 5.57 Å². The fourth-order valence-electron chi connectivity index (χ4n) is 0.319. The maximum Gasteiger partial charge on any atom is 0.333 e. The monoisotopic (exact) mass is 206 g/mol. The van der Waals surface area contributed by atoms with Gasteiger partial charge in [-0.15, -0.1) is 0 Å². The molecule has 0 spiro atoms. The molecule has 5 heteroatoms. The molecule has 3 N–H and O–H groups in total. The highest BCUT2D eigenvalue weighted by atomic mass is 16.5. The van der Waals surface area contributed by atoms with Gasteiger partial charge in [0.15, 0.2) is 0 Å². The molecule has 0 amide bonds. The first kappa shape index (κ1) is 15.6. The number of carbonyl (C=O) groups is 1. The van der Waals surface area contributed by atoms with Crippen molar-refractivity contribution in [1.82, 2.24) is 0 Å². The zero-order chi connectivity index (χ0) is 11.6. The summed E-state index contributed by atoms with van der Waals surface area (Å²) in [6, 6.07) is 0. The van der Waals surface area contributed by atoms with E-state index in [1.165, 1.54) is 0 Å². The molecule has 84 valence electrons. The number of hydrogen-bond donors (Lipinski definition) is 3. The summed E-state index contributed by atoms with van der Waals surface area (Å²) in [5, 5.41) is 23.9. The second kappa shape index (κ2) is 10.2. The largest absolute Gasteiger partial charge is 0.460 e. The van der Waals surface area contributed by atoms with Gasteiger partial charge in [-0.25, -0.2) is 4.79 Å². The van der Waals surface area contributed by atoms with Crippen molar-refractivity contribution in [3.8, 4) is 0 Å². The van der Waals surface area contributed by atoms with E-state index in [4.69, 9.17) is 15.3 Å². The van der Waals surface area contributed by atoms with Crippen molar-refractivity contribution in [3.05, 3.63) is 12.2 Å². The lowest BCUT2D eigenvalue weighted by Crippen LogP contribution is -2.15. The minimum absolute atomic E-state index is 0.0334. The molecule has 5 nitrogen and oxygen atoms in total. The number of aliphatic hydroxyl groups is 3. The zero-order valence-electron chi connectivity index (χ0n) is 8.56. The van der Waals surface area contributed by atoms with E-state index >= 15 is 0 Å². The number of ether oxygens (including phenoxy) is 1. The molecule has 0 bridgehead atoms. The molecule has 0 aliphatic carbocycles. The number of rotatable bonds is 4. The number of carbonyl (C=O) groups excluding carboxylic acids is 1. The highest BCUT2D eigenvalue weighted by Gasteiger charge is 2.03. The topological polar surface area (TPSA) is 87.0 Å². The molecule has 0 saturated heterocycles. The minimum Gasteiger partial charge on any atom is -0.460 e. The van der Waals surface area contributed by atoms with Crippen LogP contribution in [0.2, 0.25) is 0 Å². The summed E-state index contributed by atoms with van der Waals surface area (Å²) in [5.74, 6) is -0.457. The molecule has 0 aliphatic heterocycles. The fraction of sp³-hybridized carbons (Fsp3) is 0.667. The summed E-state index contributed by atoms with van der Waals surface area (Å²) < 4.78 is 4.58. The standard InChI is InChI=1S/C7H12O3.C2H6O2/c1-5(2)7(9)10-4-6(3)8;3-1-2-4/h6,8H,1,4H2,2-3H3;3-4H,1-2H2. The van der Waals surface area contributed by atoms with Crippen LogP contribution in [0.5, 0.6) is 0 Å². The van der Waals surface area contributed by atoms with Crippen LogP contribution in [0.25, 0.3) is 0 Å². The predicted octanol–water partition coefficient (Wildman–Crippen LogP) is -0.542. The SMILES string of the molecule is C=C(C)C(=O)OCC(C)O.OCCO. The molecule has 1 unspecified atom stereocenters. The van der Waals surface area contributed by atoms with Crippen LogP contribution < -0.4 is 0 Å². The number of aliphatic hydroxyl groups excluding tert-OH is 3. The summed E-state index contributed by atoms with van der Waals surface area (Å²) in [5.41, 5.74) is 0.348. The highest BCUT2D eigenvalue weighted by Crippen LogP contribution is 1.92. The average molecular weight is 206 g/mol. The van der Waals surface area contributed by atoms with Crippen LogP contribution in [0.1, 0.15) is 13.8 Å². The molecule has 0 rings (SSSR count). The van der Waals surface area contributed by atoms with Crippen LogP contribution >= 0.6 is 0 Å². The summed E-state index contributed by atoms with van der Waals surface area (Å²) in [6.45, 7) is 6.27. The second-order valence-electron chi connectivity index (χ2n) is 2.68. The molecule has 0 aromatic carbocycles. The summed E-state index contributed by atoms with van der Waals surface area (Å²) in [7, 11) is 0. The molecule has 0 aromatic rings. The quantitative estimate of drug-likeness (QED) is 0.424. The lowest BCUT2D eigenvalue weighted by Gasteiger charge is -2.04. The van der Waals surface area contributed by atoms with E-state index in [1.54, 1.807) is 13.8 Å². The first-order valence-electron chi connectivity index (χ1n) is 4.18. The molecule has 14 heavy (non-hydrogen) atoms. The molecule has 0 aliphatic rings. The maximum absolute atomic E-state index is 10.6. The Kier molecular flexibility index (Phi) is 11.3. The van der Waals surface area contributed by atoms with Gasteiger partial charge in [0.05, 0.1) is 19.3 Å². The van der Waals surface area contributed by atoms with Gasteiger partial charge >= 0.3 is 5.97 Å². The van der Waals surface area contributed by atoms with Crippen molar-refractivity contribution in [2.24, 2.45) is 0 Å². The van der Waals surface area contributed by atoms with Gasteiger partial charge in [-0.3, -0.25) is 0 Å². The molecule has 0 aromatic heterocycles. The van der Waals surface area contributed by atoms with Crippen LogP contribution in [0.4, 0.5) is 0 Å². The third-order valence-corrected chi connectivity index (χ3v) is 0.904. The van der Waals surface area contributed by atoms with Crippen LogP contribution in [0, 0.1) is 0 Å². The van der Waals surface area contributed by atoms with Crippen molar-refractivity contribution < 1.29 is 24.9 Å². The Morgan fingerprint density at radius 2 is 1.86 bits per heavy atom. The molecule has 1 atom stereocenters. The van der Waals surface area contributed by atoms with Gasteiger partial charge in [0.2, 0.25) is 0 Å². The maximum atomic E-state index is 10.6. The van der Waals surface area contributed by atoms with Gasteiger partial charge < -0.3 is 20.1 Å². The summed E-state index contributed by atoms with van der Waals surface area (Å²) >= 11 is 0. The molecule has 0 heterocycles. The Morgan fingerprint density at radius 1 is 1.43 bits per heavy atom. The van der Waals surface area contributed by atoms with Gasteiger partial charge in [-0.05, 0) is 13.8 Å². The van der Waals surface area contributed by atoms with Gasteiger partial charge in [0, 0.05) is 5.57 Å². The van der Waals surface area contributed by atoms with E-state index in [0.717, 1.165) is 0 Å². The van der Waals surface area contributed by atoms with Crippen LogP contribution in [0.3, 0.4) is 0 Å². The van der Waals surface area contributed by atoms with Gasteiger partial charge in [-0.1, -0.05) is 6.58 Å².